The zero-order valence-corrected chi connectivity index (χ0v) is 10.1. The minimum atomic E-state index is 0.309. The molecule has 2 unspecified atom stereocenters. The predicted octanol–water partition coefficient (Wildman–Crippen LogP) is 1.34. The standard InChI is InChI=1S/C10H13IN2O/c11-13-5-4-8-9(13)6-12(8)10(14)7-2-1-3-7/h2,8-9H,1,3-6H2. The van der Waals surface area contributed by atoms with Crippen LogP contribution in [0.3, 0.4) is 0 Å². The van der Waals surface area contributed by atoms with Gasteiger partial charge >= 0.3 is 0 Å². The van der Waals surface area contributed by atoms with Crippen molar-refractivity contribution >= 4 is 28.8 Å². The highest BCUT2D eigenvalue weighted by Gasteiger charge is 2.48. The van der Waals surface area contributed by atoms with Gasteiger partial charge in [0.2, 0.25) is 5.91 Å². The van der Waals surface area contributed by atoms with Crippen molar-refractivity contribution in [3.05, 3.63) is 11.6 Å². The van der Waals surface area contributed by atoms with Gasteiger partial charge in [0, 0.05) is 41.5 Å². The van der Waals surface area contributed by atoms with Crippen molar-refractivity contribution in [2.45, 2.75) is 31.3 Å². The number of carbonyl (C=O) groups excluding carboxylic acids is 1. The first-order chi connectivity index (χ1) is 6.77. The molecule has 2 fully saturated rings. The van der Waals surface area contributed by atoms with Crippen LogP contribution in [0.4, 0.5) is 0 Å². The lowest BCUT2D eigenvalue weighted by atomic mass is 9.92. The van der Waals surface area contributed by atoms with Gasteiger partial charge < -0.3 is 4.90 Å². The van der Waals surface area contributed by atoms with Gasteiger partial charge in [-0.2, -0.15) is 0 Å². The smallest absolute Gasteiger partial charge is 0.249 e. The lowest BCUT2D eigenvalue weighted by molar-refractivity contribution is -0.136. The number of likely N-dealkylation sites (tertiary alicyclic amines) is 1. The number of allylic oxidation sites excluding steroid dienone is 1. The molecule has 0 radical (unpaired) electrons. The van der Waals surface area contributed by atoms with Crippen molar-refractivity contribution in [2.75, 3.05) is 13.1 Å². The van der Waals surface area contributed by atoms with Crippen LogP contribution in [0.15, 0.2) is 11.6 Å². The molecule has 2 heterocycles. The quantitative estimate of drug-likeness (QED) is 0.539. The Kier molecular flexibility index (Phi) is 2.09. The Labute approximate surface area is 97.6 Å². The summed E-state index contributed by atoms with van der Waals surface area (Å²) in [4.78, 5) is 14.0. The second kappa shape index (κ2) is 3.20. The molecule has 3 nitrogen and oxygen atoms in total. The third-order valence-electron chi connectivity index (χ3n) is 3.57. The molecule has 0 aromatic heterocycles. The van der Waals surface area contributed by atoms with Crippen molar-refractivity contribution in [1.82, 2.24) is 8.01 Å². The Balaban J connectivity index is 1.69. The first-order valence-corrected chi connectivity index (χ1v) is 6.16. The van der Waals surface area contributed by atoms with Crippen LogP contribution in [-0.4, -0.2) is 39.1 Å². The van der Waals surface area contributed by atoms with Gasteiger partial charge in [-0.15, -0.1) is 0 Å². The molecule has 0 N–H and O–H groups in total. The van der Waals surface area contributed by atoms with Crippen molar-refractivity contribution < 1.29 is 4.79 Å². The van der Waals surface area contributed by atoms with Gasteiger partial charge in [0.25, 0.3) is 0 Å². The molecule has 0 aromatic rings. The van der Waals surface area contributed by atoms with E-state index in [9.17, 15) is 4.79 Å². The second-order valence-corrected chi connectivity index (χ2v) is 5.51. The summed E-state index contributed by atoms with van der Waals surface area (Å²) < 4.78 is 2.35. The number of hydrogen-bond donors (Lipinski definition) is 0. The highest BCUT2D eigenvalue weighted by atomic mass is 127. The molecule has 2 atom stereocenters. The largest absolute Gasteiger partial charge is 0.333 e. The molecule has 3 rings (SSSR count). The van der Waals surface area contributed by atoms with Gasteiger partial charge in [0.15, 0.2) is 0 Å². The van der Waals surface area contributed by atoms with Crippen LogP contribution in [0.1, 0.15) is 19.3 Å². The van der Waals surface area contributed by atoms with Crippen LogP contribution in [-0.2, 0) is 4.79 Å². The molecular formula is C10H13IN2O. The van der Waals surface area contributed by atoms with E-state index >= 15 is 0 Å². The van der Waals surface area contributed by atoms with Gasteiger partial charge in [-0.1, -0.05) is 6.08 Å². The number of nitrogens with zero attached hydrogens (tertiary/aromatic N) is 2. The van der Waals surface area contributed by atoms with Crippen LogP contribution in [0.25, 0.3) is 0 Å². The molecule has 4 heteroatoms. The fourth-order valence-electron chi connectivity index (χ4n) is 2.47. The summed E-state index contributed by atoms with van der Waals surface area (Å²) in [6.07, 6.45) is 5.33. The van der Waals surface area contributed by atoms with Gasteiger partial charge in [-0.05, 0) is 19.3 Å². The molecule has 0 spiro atoms. The lowest BCUT2D eigenvalue weighted by Gasteiger charge is -2.46. The number of hydrogen-bond acceptors (Lipinski definition) is 2. The second-order valence-electron chi connectivity index (χ2n) is 4.27. The average Bonchev–Trinajstić information content (AvgIpc) is 2.22. The molecule has 2 aliphatic heterocycles. The highest BCUT2D eigenvalue weighted by molar-refractivity contribution is 14.1. The summed E-state index contributed by atoms with van der Waals surface area (Å²) in [5, 5.41) is 0. The van der Waals surface area contributed by atoms with Gasteiger partial charge in [-0.3, -0.25) is 4.79 Å². The first-order valence-electron chi connectivity index (χ1n) is 5.20. The Hall–Kier alpha value is -0.100. The summed E-state index contributed by atoms with van der Waals surface area (Å²) in [5.74, 6) is 0.309. The Morgan fingerprint density at radius 3 is 2.86 bits per heavy atom. The van der Waals surface area contributed by atoms with E-state index in [1.807, 2.05) is 0 Å². The van der Waals surface area contributed by atoms with E-state index in [2.05, 4.69) is 37.0 Å². The predicted molar refractivity (Wildman–Crippen MR) is 61.9 cm³/mol. The van der Waals surface area contributed by atoms with Crippen LogP contribution in [0.2, 0.25) is 0 Å². The molecule has 0 aromatic carbocycles. The van der Waals surface area contributed by atoms with E-state index in [4.69, 9.17) is 0 Å². The number of rotatable bonds is 1. The summed E-state index contributed by atoms with van der Waals surface area (Å²) in [5.41, 5.74) is 1.05. The molecule has 2 saturated heterocycles. The number of halogens is 1. The van der Waals surface area contributed by atoms with Crippen LogP contribution in [0, 0.1) is 0 Å². The topological polar surface area (TPSA) is 23.6 Å². The van der Waals surface area contributed by atoms with Crippen molar-refractivity contribution in [3.63, 3.8) is 0 Å². The zero-order valence-electron chi connectivity index (χ0n) is 7.95. The van der Waals surface area contributed by atoms with Crippen LogP contribution in [0.5, 0.6) is 0 Å². The summed E-state index contributed by atoms with van der Waals surface area (Å²) in [7, 11) is 0. The molecule has 76 valence electrons. The van der Waals surface area contributed by atoms with Crippen LogP contribution < -0.4 is 0 Å². The normalized spacial score (nSPS) is 35.8. The maximum absolute atomic E-state index is 11.9. The van der Waals surface area contributed by atoms with E-state index in [1.165, 1.54) is 0 Å². The third kappa shape index (κ3) is 1.16. The third-order valence-corrected chi connectivity index (χ3v) is 4.76. The summed E-state index contributed by atoms with van der Waals surface area (Å²) in [6, 6.07) is 1.15. The van der Waals surface area contributed by atoms with Gasteiger partial charge in [0.05, 0.1) is 12.1 Å². The molecule has 1 aliphatic carbocycles. The molecule has 14 heavy (non-hydrogen) atoms. The Bertz CT molecular complexity index is 315. The molecule has 0 bridgehead atoms. The minimum Gasteiger partial charge on any atom is -0.333 e. The van der Waals surface area contributed by atoms with E-state index in [0.29, 0.717) is 18.0 Å². The Morgan fingerprint density at radius 2 is 2.29 bits per heavy atom. The maximum atomic E-state index is 11.9. The molecular weight excluding hydrogens is 291 g/mol. The van der Waals surface area contributed by atoms with Gasteiger partial charge in [-0.25, -0.2) is 3.11 Å². The zero-order chi connectivity index (χ0) is 9.71. The van der Waals surface area contributed by atoms with Gasteiger partial charge in [0.1, 0.15) is 0 Å². The monoisotopic (exact) mass is 304 g/mol. The number of amides is 1. The minimum absolute atomic E-state index is 0.309. The van der Waals surface area contributed by atoms with E-state index in [1.54, 1.807) is 0 Å². The fourth-order valence-corrected chi connectivity index (χ4v) is 3.30. The highest BCUT2D eigenvalue weighted by Crippen LogP contribution is 2.36. The van der Waals surface area contributed by atoms with Crippen molar-refractivity contribution in [2.24, 2.45) is 0 Å². The molecule has 1 amide bonds. The maximum Gasteiger partial charge on any atom is 0.249 e. The lowest BCUT2D eigenvalue weighted by Crippen LogP contribution is -2.62. The van der Waals surface area contributed by atoms with Crippen molar-refractivity contribution in [3.8, 4) is 0 Å². The molecule has 3 aliphatic rings. The van der Waals surface area contributed by atoms with E-state index in [0.717, 1.165) is 37.9 Å². The number of carbonyl (C=O) groups is 1. The van der Waals surface area contributed by atoms with E-state index < -0.39 is 0 Å². The van der Waals surface area contributed by atoms with E-state index in [-0.39, 0.29) is 0 Å². The van der Waals surface area contributed by atoms with Crippen LogP contribution >= 0.6 is 22.9 Å². The fraction of sp³-hybridized carbons (Fsp3) is 0.700. The number of fused-ring (bicyclic) bond motifs is 1. The summed E-state index contributed by atoms with van der Waals surface area (Å²) >= 11 is 2.38. The van der Waals surface area contributed by atoms with Crippen molar-refractivity contribution in [1.29, 1.82) is 0 Å². The average molecular weight is 304 g/mol. The Morgan fingerprint density at radius 1 is 1.50 bits per heavy atom. The first kappa shape index (κ1) is 9.15. The molecule has 0 saturated carbocycles. The summed E-state index contributed by atoms with van der Waals surface area (Å²) in [6.45, 7) is 2.09. The SMILES string of the molecule is O=C(C1=CCC1)N1CC2C1CCN2I.